The zero-order chi connectivity index (χ0) is 96.8. The Labute approximate surface area is 823 Å². The van der Waals surface area contributed by atoms with Crippen LogP contribution in [0.25, 0.3) is 0 Å². The first kappa shape index (κ1) is 103. The van der Waals surface area contributed by atoms with Crippen molar-refractivity contribution in [3.8, 4) is 69.0 Å². The number of nitrogens with one attached hydrogen (secondary N) is 2. The quantitative estimate of drug-likeness (QED) is 0.0350. The van der Waals surface area contributed by atoms with Crippen LogP contribution in [0, 0.1) is 0 Å². The summed E-state index contributed by atoms with van der Waals surface area (Å²) in [6.45, 7) is 29.8. The van der Waals surface area contributed by atoms with Crippen LogP contribution < -0.4 is 63.7 Å². The van der Waals surface area contributed by atoms with Gasteiger partial charge in [0.2, 0.25) is 0 Å². The van der Waals surface area contributed by atoms with Crippen molar-refractivity contribution in [1.82, 2.24) is 25.3 Å². The molecule has 732 valence electrons. The highest BCUT2D eigenvalue weighted by Gasteiger charge is 2.34. The molecule has 7 heterocycles. The normalized spacial score (nSPS) is 14.0. The smallest absolute Gasteiger partial charge is 0.410 e. The van der Waals surface area contributed by atoms with E-state index in [2.05, 4.69) is 59.2 Å². The van der Waals surface area contributed by atoms with Crippen molar-refractivity contribution in [2.45, 2.75) is 190 Å². The van der Waals surface area contributed by atoms with Gasteiger partial charge in [0.15, 0.2) is 69.0 Å². The fraction of sp³-hybridized carbons (Fsp3) is 0.342. The van der Waals surface area contributed by atoms with Crippen molar-refractivity contribution < 1.29 is 86.2 Å². The van der Waals surface area contributed by atoms with Gasteiger partial charge in [-0.05, 0) is 224 Å². The Hall–Kier alpha value is -13.8. The molecule has 6 N–H and O–H groups in total. The molecule has 7 aliphatic heterocycles. The molecule has 139 heavy (non-hydrogen) atoms. The second kappa shape index (κ2) is 50.0. The summed E-state index contributed by atoms with van der Waals surface area (Å²) in [5.74, 6) is 8.09. The summed E-state index contributed by atoms with van der Waals surface area (Å²) in [7, 11) is 0. The van der Waals surface area contributed by atoms with Gasteiger partial charge in [-0.1, -0.05) is 224 Å². The molecule has 0 aromatic heterocycles. The van der Waals surface area contributed by atoms with Crippen molar-refractivity contribution in [3.05, 3.63) is 355 Å². The predicted octanol–water partition coefficient (Wildman–Crippen LogP) is 21.6. The number of amides is 3. The van der Waals surface area contributed by atoms with Crippen molar-refractivity contribution in [3.63, 3.8) is 0 Å². The molecule has 0 atom stereocenters. The van der Waals surface area contributed by atoms with Gasteiger partial charge in [0.1, 0.15) is 82.9 Å². The molecule has 0 unspecified atom stereocenters. The Kier molecular flexibility index (Phi) is 36.9. The number of hydrogen-bond donors (Lipinski definition) is 5. The molecule has 7 aliphatic rings. The zero-order valence-corrected chi connectivity index (χ0v) is 82.0. The Morgan fingerprint density at radius 3 is 1.06 bits per heavy atom. The van der Waals surface area contributed by atoms with Crippen molar-refractivity contribution in [2.75, 3.05) is 65.7 Å². The van der Waals surface area contributed by atoms with Gasteiger partial charge >= 0.3 is 18.3 Å². The number of carbonyl (C=O) groups is 3. The number of nitrogens with zero attached hydrogens (tertiary/aromatic N) is 3. The molecule has 12 aromatic rings. The maximum atomic E-state index is 12.6. The topological polar surface area (TPSA) is 271 Å². The lowest BCUT2D eigenvalue weighted by atomic mass is 9.98. The number of rotatable bonds is 20. The summed E-state index contributed by atoms with van der Waals surface area (Å²) < 4.78 is 75.9. The van der Waals surface area contributed by atoms with E-state index in [4.69, 9.17) is 67.3 Å². The van der Waals surface area contributed by atoms with E-state index in [0.717, 1.165) is 176 Å². The van der Waals surface area contributed by atoms with E-state index in [1.807, 2.05) is 263 Å². The molecule has 24 nitrogen and oxygen atoms in total. The number of ether oxygens (including phenoxy) is 13. The average Bonchev–Trinajstić information content (AvgIpc) is 0.789. The number of fused-ring (bicyclic) bond motifs is 9. The molecule has 0 radical (unpaired) electrons. The van der Waals surface area contributed by atoms with E-state index in [-0.39, 0.29) is 42.2 Å². The Morgan fingerprint density at radius 1 is 0.338 bits per heavy atom. The lowest BCUT2D eigenvalue weighted by molar-refractivity contribution is 0.0212. The Balaban J connectivity index is 0.000000143. The molecule has 0 bridgehead atoms. The number of aromatic hydroxyl groups is 2. The van der Waals surface area contributed by atoms with Crippen LogP contribution in [-0.2, 0) is 125 Å². The molecule has 3 amide bonds. The molecular weight excluding hydrogens is 1780 g/mol. The van der Waals surface area contributed by atoms with Gasteiger partial charge in [0.25, 0.3) is 0 Å². The van der Waals surface area contributed by atoms with Crippen LogP contribution in [0.4, 0.5) is 14.4 Å². The van der Waals surface area contributed by atoms with E-state index < -0.39 is 16.8 Å². The first-order chi connectivity index (χ1) is 66.8. The number of phenols is 2. The average molecular weight is 1910 g/mol. The molecular formula is C114H131ClN6O18. The van der Waals surface area contributed by atoms with Crippen molar-refractivity contribution in [2.24, 2.45) is 5.73 Å². The lowest BCUT2D eigenvalue weighted by Crippen LogP contribution is -2.40. The molecule has 19 rings (SSSR count). The van der Waals surface area contributed by atoms with E-state index in [1.54, 1.807) is 20.8 Å². The molecule has 0 fully saturated rings. The minimum Gasteiger partial charge on any atom is -0.504 e. The minimum atomic E-state index is -0.519. The largest absolute Gasteiger partial charge is 0.504 e. The molecule has 0 spiro atoms. The lowest BCUT2D eigenvalue weighted by Gasteiger charge is -2.33. The van der Waals surface area contributed by atoms with Gasteiger partial charge < -0.3 is 103 Å². The van der Waals surface area contributed by atoms with E-state index in [0.29, 0.717) is 130 Å². The monoisotopic (exact) mass is 1910 g/mol. The molecule has 12 aromatic carbocycles. The van der Waals surface area contributed by atoms with Gasteiger partial charge in [0.05, 0.1) is 0 Å². The third kappa shape index (κ3) is 30.1. The van der Waals surface area contributed by atoms with Crippen LogP contribution >= 0.6 is 12.4 Å². The number of para-hydroxylation sites is 1. The summed E-state index contributed by atoms with van der Waals surface area (Å²) in [5.41, 5.74) is 23.3. The van der Waals surface area contributed by atoms with E-state index in [9.17, 15) is 24.6 Å². The number of halogens is 1. The predicted molar refractivity (Wildman–Crippen MR) is 540 cm³/mol. The van der Waals surface area contributed by atoms with Crippen LogP contribution in [0.2, 0.25) is 0 Å². The van der Waals surface area contributed by atoms with Crippen LogP contribution in [-0.4, -0.2) is 126 Å². The Morgan fingerprint density at radius 2 is 0.647 bits per heavy atom. The maximum absolute atomic E-state index is 12.6. The second-order valence-corrected chi connectivity index (χ2v) is 37.3. The first-order valence-electron chi connectivity index (χ1n) is 47.6. The molecule has 0 aliphatic carbocycles. The second-order valence-electron chi connectivity index (χ2n) is 37.3. The number of nitrogens with two attached hydrogens (primary N) is 1. The Bertz CT molecular complexity index is 5930. The third-order valence-electron chi connectivity index (χ3n) is 23.4. The summed E-state index contributed by atoms with van der Waals surface area (Å²) in [5, 5.41) is 26.0. The fourth-order valence-electron chi connectivity index (χ4n) is 16.6. The molecule has 0 saturated carbocycles. The minimum absolute atomic E-state index is 0. The zero-order valence-electron chi connectivity index (χ0n) is 81.2. The van der Waals surface area contributed by atoms with Crippen LogP contribution in [0.3, 0.4) is 0 Å². The highest BCUT2D eigenvalue weighted by atomic mass is 35.5. The summed E-state index contributed by atoms with van der Waals surface area (Å²) in [6.07, 6.45) is 3.81. The van der Waals surface area contributed by atoms with Crippen LogP contribution in [0.15, 0.2) is 261 Å². The SMILES string of the molecule is CC(C)(C)OC(=O)N1CCc2c(ccc(O)c2O)C1.CC(C)(C)OC(=O)N1CCc2c(ccc(OCc3ccccc3)c2OCc2ccccc2)C1.CC(C)(C)OC(=O)N1CCc2c(ccc3c2OCCO3)C1.Cl.NCCc1cccc(OCc2ccccc2)c1OCc1ccccc1.c1cc2c(c3c1CNCC3)OCCO2.c1ccc(COc2ccc3c(c2OCc2ccccc2)CCNC3)cc1. The van der Waals surface area contributed by atoms with E-state index in [1.165, 1.54) is 28.3 Å². The van der Waals surface area contributed by atoms with Gasteiger partial charge in [-0.2, -0.15) is 0 Å². The number of hydrogen-bond acceptors (Lipinski definition) is 21. The van der Waals surface area contributed by atoms with E-state index >= 15 is 0 Å². The highest BCUT2D eigenvalue weighted by molar-refractivity contribution is 5.85. The van der Waals surface area contributed by atoms with Gasteiger partial charge in [-0.25, -0.2) is 14.4 Å². The number of benzene rings is 12. The maximum Gasteiger partial charge on any atom is 0.410 e. The summed E-state index contributed by atoms with van der Waals surface area (Å²) in [6, 6.07) is 86.3. The fourth-order valence-corrected chi connectivity index (χ4v) is 16.6. The van der Waals surface area contributed by atoms with Gasteiger partial charge in [-0.3, -0.25) is 0 Å². The molecule has 0 saturated heterocycles. The van der Waals surface area contributed by atoms with Gasteiger partial charge in [-0.15, -0.1) is 12.4 Å². The number of phenolic OH excluding ortho intramolecular Hbond substituents is 2. The highest BCUT2D eigenvalue weighted by Crippen LogP contribution is 2.44. The first-order valence-corrected chi connectivity index (χ1v) is 47.6. The van der Waals surface area contributed by atoms with Crippen LogP contribution in [0.1, 0.15) is 157 Å². The molecule has 25 heteroatoms. The van der Waals surface area contributed by atoms with Gasteiger partial charge in [0, 0.05) is 80.2 Å². The summed E-state index contributed by atoms with van der Waals surface area (Å²) >= 11 is 0. The van der Waals surface area contributed by atoms with Crippen molar-refractivity contribution in [1.29, 1.82) is 0 Å². The van der Waals surface area contributed by atoms with Crippen molar-refractivity contribution >= 4 is 30.7 Å². The standard InChI is InChI=1S/C28H31NO4.C23H23NO2.C22H23NO2.C16H21NO4.C14H19NO4.C11H13NO2.ClH/c1-28(2,3)33-27(30)29-17-16-24-23(18-29)14-15-25(31-19-21-10-6-4-7-11-21)26(24)32-20-22-12-8-5-9-13-22;1-3-7-18(8-4-1)16-25-22-12-11-20-15-24-14-13-21(20)23(22)26-17-19-9-5-2-6-10-19;23-15-14-20-12-7-13-21(24-16-18-8-3-1-4-9-18)22(20)25-17-19-10-5-2-6-11-19;1-16(2,3)21-15(18)17-7-6-12-11(10-17)4-5-13-14(12)20-9-8-19-13;1-14(2,3)19-13(18)15-7-6-10-9(8-15)4-5-11(16)12(10)17;1-2-10-11(14-6-5-13-10)9-3-4-12-7-8(1)9;/h4-15H,16-20H2,1-3H3;1-12,24H,13-17H2;1-13H,14-17,23H2;4-5H,6-10H2,1-3H3;4-5,16-17H,6-8H2,1-3H3;1-2,12H,3-7H2;1H. The third-order valence-corrected chi connectivity index (χ3v) is 23.4. The number of carbonyl (C=O) groups excluding carboxylic acids is 3. The van der Waals surface area contributed by atoms with Crippen LogP contribution in [0.5, 0.6) is 69.0 Å². The summed E-state index contributed by atoms with van der Waals surface area (Å²) in [4.78, 5) is 41.8.